The van der Waals surface area contributed by atoms with Crippen LogP contribution >= 0.6 is 12.4 Å². The van der Waals surface area contributed by atoms with Gasteiger partial charge in [0.05, 0.1) is 33.8 Å². The van der Waals surface area contributed by atoms with Gasteiger partial charge in [-0.1, -0.05) is 42.5 Å². The first kappa shape index (κ1) is 33.1. The molecule has 7 nitrogen and oxygen atoms in total. The number of nitrogens with zero attached hydrogens (tertiary/aromatic N) is 6. The highest BCUT2D eigenvalue weighted by Gasteiger charge is 2.28. The largest absolute Gasteiger partial charge is 0.377 e. The van der Waals surface area contributed by atoms with Crippen LogP contribution in [-0.4, -0.2) is 75.0 Å². The van der Waals surface area contributed by atoms with Crippen LogP contribution in [0.5, 0.6) is 0 Å². The summed E-state index contributed by atoms with van der Waals surface area (Å²) in [5, 5.41) is 0. The van der Waals surface area contributed by atoms with Crippen LogP contribution in [-0.2, 0) is 0 Å². The van der Waals surface area contributed by atoms with Crippen molar-refractivity contribution < 1.29 is 0 Å². The zero-order valence-corrected chi connectivity index (χ0v) is 30.3. The molecule has 0 fully saturated rings. The molecule has 4 aromatic rings. The van der Waals surface area contributed by atoms with E-state index >= 15 is 0 Å². The first-order valence-electron chi connectivity index (χ1n) is 17.5. The van der Waals surface area contributed by atoms with Crippen molar-refractivity contribution in [2.45, 2.75) is 0 Å². The molecule has 0 amide bonds. The van der Waals surface area contributed by atoms with Crippen molar-refractivity contribution in [2.24, 2.45) is 0 Å². The fraction of sp³-hybridized carbons (Fsp3) is 0.136. The maximum absolute atomic E-state index is 5.34. The van der Waals surface area contributed by atoms with Crippen LogP contribution in [0.4, 0.5) is 0 Å². The second-order valence-corrected chi connectivity index (χ2v) is 13.6. The second-order valence-electron chi connectivity index (χ2n) is 13.6. The van der Waals surface area contributed by atoms with Gasteiger partial charge in [-0.05, 0) is 108 Å². The van der Waals surface area contributed by atoms with E-state index in [1.807, 2.05) is 0 Å². The summed E-state index contributed by atoms with van der Waals surface area (Å²) in [6, 6.07) is 21.4. The lowest BCUT2D eigenvalue weighted by atomic mass is 9.91. The number of aromatic amines is 1. The summed E-state index contributed by atoms with van der Waals surface area (Å²) < 4.78 is 2.47. The summed E-state index contributed by atoms with van der Waals surface area (Å²) in [5.74, 6) is 0. The molecular weight excluding hydrogens is 662 g/mol. The van der Waals surface area contributed by atoms with Gasteiger partial charge in [-0.2, -0.15) is 0 Å². The molecule has 1 aromatic carbocycles. The number of H-pyrrole nitrogens is 1. The summed E-state index contributed by atoms with van der Waals surface area (Å²) in [6.07, 6.45) is 28.8. The van der Waals surface area contributed by atoms with Crippen LogP contribution in [0, 0.1) is 0 Å². The van der Waals surface area contributed by atoms with Crippen molar-refractivity contribution in [3.8, 4) is 11.1 Å². The van der Waals surface area contributed by atoms with Crippen LogP contribution in [0.2, 0.25) is 0 Å². The number of nitrogens with one attached hydrogen (secondary N) is 1. The average molecular weight is 702 g/mol. The molecule has 52 heavy (non-hydrogen) atoms. The molecule has 1 N–H and O–H groups in total. The van der Waals surface area contributed by atoms with Gasteiger partial charge in [0, 0.05) is 80.4 Å². The van der Waals surface area contributed by atoms with Crippen LogP contribution in [0.15, 0.2) is 116 Å². The third-order valence-electron chi connectivity index (χ3n) is 9.87. The lowest BCUT2D eigenvalue weighted by Gasteiger charge is -2.21. The summed E-state index contributed by atoms with van der Waals surface area (Å²) in [7, 11) is 6.35. The summed E-state index contributed by atoms with van der Waals surface area (Å²) in [4.78, 5) is 20.6. The van der Waals surface area contributed by atoms with Gasteiger partial charge >= 0.3 is 0 Å². The fourth-order valence-electron chi connectivity index (χ4n) is 7.29. The molecule has 5 aliphatic rings. The smallest absolute Gasteiger partial charge is 0.0737 e. The third kappa shape index (κ3) is 6.14. The fourth-order valence-corrected chi connectivity index (χ4v) is 7.29. The van der Waals surface area contributed by atoms with Gasteiger partial charge in [-0.3, -0.25) is 0 Å². The maximum atomic E-state index is 5.34. The molecule has 5 aliphatic heterocycles. The Bertz CT molecular complexity index is 2500. The van der Waals surface area contributed by atoms with Crippen LogP contribution < -0.4 is 0 Å². The molecule has 0 aliphatic carbocycles. The van der Waals surface area contributed by atoms with E-state index in [1.54, 1.807) is 0 Å². The number of benzene rings is 1. The second kappa shape index (κ2) is 13.6. The maximum Gasteiger partial charge on any atom is 0.0737 e. The van der Waals surface area contributed by atoms with Gasteiger partial charge in [-0.15, -0.1) is 12.4 Å². The number of halogens is 1. The predicted molar refractivity (Wildman–Crippen MR) is 221 cm³/mol. The van der Waals surface area contributed by atoms with E-state index in [4.69, 9.17) is 9.97 Å². The Kier molecular flexibility index (Phi) is 8.65. The molecule has 0 saturated heterocycles. The topological polar surface area (TPSA) is 56.2 Å². The Balaban J connectivity index is 0.00000387. The number of fused-ring (bicyclic) bond motifs is 8. The first-order chi connectivity index (χ1) is 25.0. The number of hydrogen-bond donors (Lipinski definition) is 1. The molecule has 8 bridgehead atoms. The van der Waals surface area contributed by atoms with Gasteiger partial charge < -0.3 is 24.3 Å². The molecule has 9 rings (SSSR count). The number of hydrogen-bond acceptors (Lipinski definition) is 5. The standard InChI is InChI=1S/C44H39N7.ClH/c1-48-21-15-31(16-22-48)42-40-29-37-12-11-34(46-37)27-33-9-10-35(45-33)28-36-13-14-39(47-36)41(30-7-5-4-6-8-30)44(43(42)32-17-23-49(2)24-18-32)51(40)38-19-25-50(3)26-20-38;/h4-21,23,25,27-29,45H,22,24,26H2,1-3H3;1H. The normalized spacial score (nSPS) is 16.2. The zero-order valence-electron chi connectivity index (χ0n) is 29.5. The monoisotopic (exact) mass is 701 g/mol. The van der Waals surface area contributed by atoms with Gasteiger partial charge in [-0.25, -0.2) is 9.97 Å². The predicted octanol–water partition coefficient (Wildman–Crippen LogP) is 9.20. The van der Waals surface area contributed by atoms with Gasteiger partial charge in [0.2, 0.25) is 0 Å². The molecule has 0 radical (unpaired) electrons. The van der Waals surface area contributed by atoms with E-state index in [2.05, 4.69) is 185 Å². The molecule has 0 unspecified atom stereocenters. The molecule has 0 saturated carbocycles. The Morgan fingerprint density at radius 1 is 0.558 bits per heavy atom. The minimum atomic E-state index is 0. The highest BCUT2D eigenvalue weighted by Crippen LogP contribution is 2.45. The Hall–Kier alpha value is -6.05. The van der Waals surface area contributed by atoms with Crippen molar-refractivity contribution in [3.05, 3.63) is 150 Å². The van der Waals surface area contributed by atoms with Crippen molar-refractivity contribution >= 4 is 75.6 Å². The Morgan fingerprint density at radius 3 is 1.75 bits per heavy atom. The van der Waals surface area contributed by atoms with Gasteiger partial charge in [0.25, 0.3) is 0 Å². The minimum Gasteiger partial charge on any atom is -0.377 e. The van der Waals surface area contributed by atoms with Gasteiger partial charge in [0.15, 0.2) is 0 Å². The minimum absolute atomic E-state index is 0. The molecule has 3 aromatic heterocycles. The van der Waals surface area contributed by atoms with Crippen molar-refractivity contribution in [3.63, 3.8) is 0 Å². The number of likely N-dealkylation sites (N-methyl/N-ethyl adjacent to an activating group) is 3. The van der Waals surface area contributed by atoms with Crippen molar-refractivity contribution in [1.29, 1.82) is 0 Å². The quantitative estimate of drug-likeness (QED) is 0.199. The summed E-state index contributed by atoms with van der Waals surface area (Å²) in [5.41, 5.74) is 15.9. The molecule has 8 heterocycles. The Morgan fingerprint density at radius 2 is 1.13 bits per heavy atom. The van der Waals surface area contributed by atoms with E-state index in [-0.39, 0.29) is 12.4 Å². The molecular formula is C44H40ClN7. The molecule has 258 valence electrons. The highest BCUT2D eigenvalue weighted by molar-refractivity contribution is 6.09. The highest BCUT2D eigenvalue weighted by atomic mass is 35.5. The lowest BCUT2D eigenvalue weighted by molar-refractivity contribution is 0.505. The lowest BCUT2D eigenvalue weighted by Crippen LogP contribution is -2.15. The van der Waals surface area contributed by atoms with Crippen LogP contribution in [0.25, 0.3) is 74.3 Å². The van der Waals surface area contributed by atoms with E-state index in [0.29, 0.717) is 0 Å². The average Bonchev–Trinajstić information content (AvgIpc) is 3.95. The van der Waals surface area contributed by atoms with E-state index in [1.165, 1.54) is 22.3 Å². The molecule has 0 atom stereocenters. The van der Waals surface area contributed by atoms with Crippen LogP contribution in [0.3, 0.4) is 0 Å². The molecule has 8 heteroatoms. The first-order valence-corrected chi connectivity index (χ1v) is 17.5. The molecule has 0 spiro atoms. The van der Waals surface area contributed by atoms with E-state index < -0.39 is 0 Å². The third-order valence-corrected chi connectivity index (χ3v) is 9.87. The van der Waals surface area contributed by atoms with E-state index in [0.717, 1.165) is 81.3 Å². The summed E-state index contributed by atoms with van der Waals surface area (Å²) in [6.45, 7) is 2.43. The van der Waals surface area contributed by atoms with Crippen LogP contribution in [0.1, 0.15) is 33.9 Å². The van der Waals surface area contributed by atoms with Gasteiger partial charge in [0.1, 0.15) is 0 Å². The zero-order chi connectivity index (χ0) is 34.5. The number of aromatic nitrogens is 4. The van der Waals surface area contributed by atoms with E-state index in [9.17, 15) is 0 Å². The van der Waals surface area contributed by atoms with Crippen molar-refractivity contribution in [1.82, 2.24) is 34.2 Å². The SMILES string of the molecule is CN1C=CC(c2c(C3=CCN(C)C=C3)c3c(-c4ccccc4)c4nc(cc5ccc(cc6nc(cc2n3C2=CCN(C)C=C2)C=C6)[nH]5)C=C4)=CC1.Cl. The summed E-state index contributed by atoms with van der Waals surface area (Å²) >= 11 is 0. The van der Waals surface area contributed by atoms with Crippen molar-refractivity contribution in [2.75, 3.05) is 40.8 Å². The Labute approximate surface area is 310 Å². The number of allylic oxidation sites excluding steroid dienone is 6. The number of rotatable bonds is 4.